The molecule has 112 valence electrons. The number of nitrogens with one attached hydrogen (secondary N) is 1. The van der Waals surface area contributed by atoms with E-state index in [1.165, 1.54) is 16.7 Å². The van der Waals surface area contributed by atoms with Gasteiger partial charge in [-0.15, -0.1) is 0 Å². The van der Waals surface area contributed by atoms with Crippen LogP contribution in [0.3, 0.4) is 0 Å². The van der Waals surface area contributed by atoms with Gasteiger partial charge in [0.25, 0.3) is 0 Å². The number of hydrogen-bond donors (Lipinski definition) is 1. The van der Waals surface area contributed by atoms with E-state index in [4.69, 9.17) is 0 Å². The van der Waals surface area contributed by atoms with Crippen molar-refractivity contribution < 1.29 is 4.21 Å². The molecule has 0 bridgehead atoms. The fourth-order valence-electron chi connectivity index (χ4n) is 2.31. The Labute approximate surface area is 130 Å². The first kappa shape index (κ1) is 15.9. The zero-order chi connectivity index (χ0) is 15.1. The molecule has 0 aromatic heterocycles. The van der Waals surface area contributed by atoms with Crippen molar-refractivity contribution in [1.82, 2.24) is 5.32 Å². The third kappa shape index (κ3) is 5.10. The molecule has 2 nitrogen and oxygen atoms in total. The van der Waals surface area contributed by atoms with Gasteiger partial charge in [0, 0.05) is 28.9 Å². The molecule has 0 aliphatic heterocycles. The lowest BCUT2D eigenvalue weighted by Crippen LogP contribution is -2.21. The standard InChI is InChI=1S/C18H23NOS/c1-15(19-13-6-14-21(2)20)16-9-11-18(12-10-16)17-7-4-3-5-8-17/h3-5,7-12,15,19H,6,13-14H2,1-2H3. The van der Waals surface area contributed by atoms with Crippen LogP contribution < -0.4 is 5.32 Å². The molecular formula is C18H23NOS. The monoisotopic (exact) mass is 301 g/mol. The van der Waals surface area contributed by atoms with Crippen LogP contribution in [0.2, 0.25) is 0 Å². The summed E-state index contributed by atoms with van der Waals surface area (Å²) >= 11 is 0. The van der Waals surface area contributed by atoms with Crippen LogP contribution in [0.5, 0.6) is 0 Å². The first-order chi connectivity index (χ1) is 10.2. The largest absolute Gasteiger partial charge is 0.310 e. The molecule has 2 aromatic rings. The number of hydrogen-bond acceptors (Lipinski definition) is 2. The fraction of sp³-hybridized carbons (Fsp3) is 0.333. The Morgan fingerprint density at radius 2 is 1.62 bits per heavy atom. The van der Waals surface area contributed by atoms with Crippen LogP contribution in [0.1, 0.15) is 24.9 Å². The maximum atomic E-state index is 11.0. The Balaban J connectivity index is 1.91. The zero-order valence-electron chi connectivity index (χ0n) is 12.7. The van der Waals surface area contributed by atoms with E-state index < -0.39 is 10.8 Å². The highest BCUT2D eigenvalue weighted by molar-refractivity contribution is 7.84. The Bertz CT molecular complexity index is 566. The van der Waals surface area contributed by atoms with Crippen molar-refractivity contribution in [2.45, 2.75) is 19.4 Å². The summed E-state index contributed by atoms with van der Waals surface area (Å²) in [5.74, 6) is 0.771. The molecule has 1 N–H and O–H groups in total. The summed E-state index contributed by atoms with van der Waals surface area (Å²) in [4.78, 5) is 0. The van der Waals surface area contributed by atoms with Gasteiger partial charge in [0.2, 0.25) is 0 Å². The SMILES string of the molecule is CC(NCCCS(C)=O)c1ccc(-c2ccccc2)cc1. The molecule has 0 radical (unpaired) electrons. The third-order valence-corrected chi connectivity index (χ3v) is 4.44. The van der Waals surface area contributed by atoms with Crippen molar-refractivity contribution in [1.29, 1.82) is 0 Å². The topological polar surface area (TPSA) is 29.1 Å². The molecule has 2 unspecified atom stereocenters. The van der Waals surface area contributed by atoms with Crippen molar-refractivity contribution in [2.24, 2.45) is 0 Å². The summed E-state index contributed by atoms with van der Waals surface area (Å²) in [5.41, 5.74) is 3.77. The van der Waals surface area contributed by atoms with Gasteiger partial charge < -0.3 is 5.32 Å². The average molecular weight is 301 g/mol. The minimum Gasteiger partial charge on any atom is -0.310 e. The highest BCUT2D eigenvalue weighted by Gasteiger charge is 2.05. The predicted octanol–water partition coefficient (Wildman–Crippen LogP) is 3.77. The van der Waals surface area contributed by atoms with Crippen LogP contribution in [0.25, 0.3) is 11.1 Å². The van der Waals surface area contributed by atoms with Gasteiger partial charge >= 0.3 is 0 Å². The first-order valence-corrected chi connectivity index (χ1v) is 9.08. The van der Waals surface area contributed by atoms with Crippen LogP contribution in [0.15, 0.2) is 54.6 Å². The van der Waals surface area contributed by atoms with Gasteiger partial charge in [-0.25, -0.2) is 0 Å². The lowest BCUT2D eigenvalue weighted by atomic mass is 10.0. The molecule has 0 aliphatic rings. The summed E-state index contributed by atoms with van der Waals surface area (Å²) in [7, 11) is -0.689. The maximum Gasteiger partial charge on any atom is 0.0291 e. The van der Waals surface area contributed by atoms with Crippen LogP contribution in [-0.4, -0.2) is 22.8 Å². The van der Waals surface area contributed by atoms with E-state index in [1.807, 2.05) is 6.07 Å². The van der Waals surface area contributed by atoms with E-state index in [9.17, 15) is 4.21 Å². The molecular weight excluding hydrogens is 278 g/mol. The van der Waals surface area contributed by atoms with E-state index in [-0.39, 0.29) is 0 Å². The molecule has 0 amide bonds. The predicted molar refractivity (Wildman–Crippen MR) is 91.8 cm³/mol. The Morgan fingerprint density at radius 1 is 1.00 bits per heavy atom. The molecule has 2 atom stereocenters. The van der Waals surface area contributed by atoms with E-state index in [0.717, 1.165) is 18.7 Å². The first-order valence-electron chi connectivity index (χ1n) is 7.35. The maximum absolute atomic E-state index is 11.0. The van der Waals surface area contributed by atoms with Crippen molar-refractivity contribution in [3.63, 3.8) is 0 Å². The molecule has 0 spiro atoms. The fourth-order valence-corrected chi connectivity index (χ4v) is 2.86. The molecule has 0 aliphatic carbocycles. The number of benzene rings is 2. The van der Waals surface area contributed by atoms with E-state index >= 15 is 0 Å². The molecule has 2 rings (SSSR count). The van der Waals surface area contributed by atoms with Gasteiger partial charge in [-0.2, -0.15) is 0 Å². The summed E-state index contributed by atoms with van der Waals surface area (Å²) in [6.07, 6.45) is 2.71. The molecule has 2 aromatic carbocycles. The van der Waals surface area contributed by atoms with Crippen molar-refractivity contribution in [3.8, 4) is 11.1 Å². The molecule has 0 saturated heterocycles. The second-order valence-corrected chi connectivity index (χ2v) is 6.85. The molecule has 0 fully saturated rings. The Hall–Kier alpha value is -1.45. The van der Waals surface area contributed by atoms with Gasteiger partial charge in [-0.05, 0) is 36.6 Å². The van der Waals surface area contributed by atoms with Gasteiger partial charge in [0.1, 0.15) is 0 Å². The zero-order valence-corrected chi connectivity index (χ0v) is 13.5. The molecule has 0 heterocycles. The van der Waals surface area contributed by atoms with Gasteiger partial charge in [-0.1, -0.05) is 54.6 Å². The minimum absolute atomic E-state index is 0.320. The molecule has 0 saturated carbocycles. The third-order valence-electron chi connectivity index (χ3n) is 3.58. The Kier molecular flexibility index (Phi) is 6.15. The lowest BCUT2D eigenvalue weighted by Gasteiger charge is -2.14. The van der Waals surface area contributed by atoms with Crippen molar-refractivity contribution in [2.75, 3.05) is 18.6 Å². The number of rotatable bonds is 7. The van der Waals surface area contributed by atoms with Gasteiger partial charge in [0.05, 0.1) is 0 Å². The van der Waals surface area contributed by atoms with Crippen LogP contribution in [0, 0.1) is 0 Å². The summed E-state index contributed by atoms with van der Waals surface area (Å²) in [5, 5.41) is 3.48. The molecule has 21 heavy (non-hydrogen) atoms. The van der Waals surface area contributed by atoms with E-state index in [1.54, 1.807) is 6.26 Å². The van der Waals surface area contributed by atoms with E-state index in [2.05, 4.69) is 60.8 Å². The molecule has 3 heteroatoms. The minimum atomic E-state index is -0.689. The summed E-state index contributed by atoms with van der Waals surface area (Å²) in [6, 6.07) is 19.4. The summed E-state index contributed by atoms with van der Waals surface area (Å²) in [6.45, 7) is 3.07. The van der Waals surface area contributed by atoms with Gasteiger partial charge in [0.15, 0.2) is 0 Å². The van der Waals surface area contributed by atoms with Gasteiger partial charge in [-0.3, -0.25) is 4.21 Å². The quantitative estimate of drug-likeness (QED) is 0.789. The van der Waals surface area contributed by atoms with Crippen LogP contribution in [-0.2, 0) is 10.8 Å². The van der Waals surface area contributed by atoms with Crippen LogP contribution >= 0.6 is 0 Å². The van der Waals surface area contributed by atoms with Crippen molar-refractivity contribution in [3.05, 3.63) is 60.2 Å². The second kappa shape index (κ2) is 8.11. The smallest absolute Gasteiger partial charge is 0.0291 e. The van der Waals surface area contributed by atoms with Crippen LogP contribution in [0.4, 0.5) is 0 Å². The normalized spacial score (nSPS) is 13.8. The lowest BCUT2D eigenvalue weighted by molar-refractivity contribution is 0.570. The summed E-state index contributed by atoms with van der Waals surface area (Å²) < 4.78 is 11.0. The average Bonchev–Trinajstić information content (AvgIpc) is 2.52. The van der Waals surface area contributed by atoms with Crippen molar-refractivity contribution >= 4 is 10.8 Å². The van der Waals surface area contributed by atoms with E-state index in [0.29, 0.717) is 6.04 Å². The second-order valence-electron chi connectivity index (χ2n) is 5.29. The highest BCUT2D eigenvalue weighted by atomic mass is 32.2. The highest BCUT2D eigenvalue weighted by Crippen LogP contribution is 2.21. The Morgan fingerprint density at radius 3 is 2.24 bits per heavy atom.